The van der Waals surface area contributed by atoms with E-state index >= 15 is 4.39 Å². The van der Waals surface area contributed by atoms with E-state index in [0.29, 0.717) is 24.5 Å². The lowest BCUT2D eigenvalue weighted by molar-refractivity contribution is -0.112. The van der Waals surface area contributed by atoms with Gasteiger partial charge in [-0.1, -0.05) is 22.9 Å². The summed E-state index contributed by atoms with van der Waals surface area (Å²) in [5, 5.41) is 0.943. The second kappa shape index (κ2) is 8.01. The summed E-state index contributed by atoms with van der Waals surface area (Å²) < 4.78 is 18.1. The van der Waals surface area contributed by atoms with Crippen LogP contribution in [0.4, 0.5) is 10.1 Å². The van der Waals surface area contributed by atoms with Crippen LogP contribution in [0.2, 0.25) is 0 Å². The maximum Gasteiger partial charge on any atom is 0.148 e. The van der Waals surface area contributed by atoms with Gasteiger partial charge in [0.15, 0.2) is 0 Å². The van der Waals surface area contributed by atoms with Crippen LogP contribution in [0.5, 0.6) is 0 Å². The minimum atomic E-state index is -0.312. The predicted octanol–water partition coefficient (Wildman–Crippen LogP) is 4.18. The molecule has 0 aliphatic carbocycles. The van der Waals surface area contributed by atoms with Crippen molar-refractivity contribution in [3.05, 3.63) is 59.2 Å². The second-order valence-electron chi connectivity index (χ2n) is 7.68. The summed E-state index contributed by atoms with van der Waals surface area (Å²) in [7, 11) is 0. The summed E-state index contributed by atoms with van der Waals surface area (Å²) in [5.74, 6) is -0.312. The number of rotatable bonds is 4. The lowest BCUT2D eigenvalue weighted by atomic mass is 10.1. The molecule has 0 spiro atoms. The van der Waals surface area contributed by atoms with Gasteiger partial charge in [0, 0.05) is 35.6 Å². The van der Waals surface area contributed by atoms with Crippen molar-refractivity contribution in [2.75, 3.05) is 31.1 Å². The number of nitrogens with zero attached hydrogens (tertiary/aromatic N) is 5. The number of likely N-dealkylation sites (N-methyl/N-ethyl adjacent to an activating group) is 1. The molecule has 1 aliphatic rings. The van der Waals surface area contributed by atoms with E-state index in [4.69, 9.17) is 0 Å². The fourth-order valence-corrected chi connectivity index (χ4v) is 4.71. The Kier molecular flexibility index (Phi) is 5.19. The molecule has 6 nitrogen and oxygen atoms in total. The highest BCUT2D eigenvalue weighted by molar-refractivity contribution is 9.10. The van der Waals surface area contributed by atoms with E-state index < -0.39 is 0 Å². The van der Waals surface area contributed by atoms with Crippen LogP contribution in [0.25, 0.3) is 27.6 Å². The molecule has 1 unspecified atom stereocenters. The van der Waals surface area contributed by atoms with Gasteiger partial charge in [-0.05, 0) is 36.9 Å². The number of pyridine rings is 1. The largest absolute Gasteiger partial charge is 0.366 e. The summed E-state index contributed by atoms with van der Waals surface area (Å²) in [6, 6.07) is 10.9. The number of hydrogen-bond acceptors (Lipinski definition) is 5. The third-order valence-corrected chi connectivity index (χ3v) is 6.48. The van der Waals surface area contributed by atoms with E-state index in [1.807, 2.05) is 40.7 Å². The Bertz CT molecular complexity index is 1290. The Balaban J connectivity index is 1.54. The summed E-state index contributed by atoms with van der Waals surface area (Å²) in [5.41, 5.74) is 3.69. The monoisotopic (exact) mass is 481 g/mol. The van der Waals surface area contributed by atoms with Crippen LogP contribution in [-0.4, -0.2) is 57.9 Å². The standard InChI is InChI=1S/C23H21BrFN5O/c1-2-28-7-8-29(12-17(28)13-31)22-6-4-16(10-19(22)25)30-14-27-21-11-26-20-5-3-15(24)9-18(20)23(21)30/h3-6,9-11,13-14,17H,2,7-8,12H2,1H3. The van der Waals surface area contributed by atoms with Gasteiger partial charge in [0.1, 0.15) is 23.9 Å². The first-order valence-corrected chi connectivity index (χ1v) is 11.0. The molecule has 0 bridgehead atoms. The molecule has 1 atom stereocenters. The topological polar surface area (TPSA) is 54.3 Å². The predicted molar refractivity (Wildman–Crippen MR) is 123 cm³/mol. The molecule has 0 amide bonds. The normalized spacial score (nSPS) is 17.5. The number of aldehydes is 1. The highest BCUT2D eigenvalue weighted by atomic mass is 79.9. The summed E-state index contributed by atoms with van der Waals surface area (Å²) in [6.07, 6.45) is 4.39. The molecule has 158 valence electrons. The number of imidazole rings is 1. The molecule has 0 N–H and O–H groups in total. The fraction of sp³-hybridized carbons (Fsp3) is 0.261. The lowest BCUT2D eigenvalue weighted by Crippen LogP contribution is -2.54. The van der Waals surface area contributed by atoms with Crippen molar-refractivity contribution in [3.8, 4) is 5.69 Å². The molecule has 1 fully saturated rings. The molecule has 0 saturated carbocycles. The highest BCUT2D eigenvalue weighted by Gasteiger charge is 2.27. The third-order valence-electron chi connectivity index (χ3n) is 5.98. The van der Waals surface area contributed by atoms with E-state index in [-0.39, 0.29) is 11.9 Å². The number of hydrogen-bond donors (Lipinski definition) is 0. The SMILES string of the molecule is CCN1CCN(c2ccc(-n3cnc4cnc5ccc(Br)cc5c43)cc2F)CC1C=O. The van der Waals surface area contributed by atoms with E-state index in [9.17, 15) is 4.79 Å². The number of fused-ring (bicyclic) bond motifs is 3. The molecule has 8 heteroatoms. The van der Waals surface area contributed by atoms with Crippen molar-refractivity contribution in [2.45, 2.75) is 13.0 Å². The van der Waals surface area contributed by atoms with Crippen molar-refractivity contribution in [3.63, 3.8) is 0 Å². The molecular weight excluding hydrogens is 461 g/mol. The van der Waals surface area contributed by atoms with E-state index in [1.54, 1.807) is 18.6 Å². The zero-order valence-electron chi connectivity index (χ0n) is 17.0. The minimum absolute atomic E-state index is 0.215. The van der Waals surface area contributed by atoms with Gasteiger partial charge < -0.3 is 9.69 Å². The molecule has 4 aromatic rings. The summed E-state index contributed by atoms with van der Waals surface area (Å²) in [6.45, 7) is 4.76. The lowest BCUT2D eigenvalue weighted by Gasteiger charge is -2.39. The van der Waals surface area contributed by atoms with Gasteiger partial charge in [0.25, 0.3) is 0 Å². The zero-order valence-corrected chi connectivity index (χ0v) is 18.6. The minimum Gasteiger partial charge on any atom is -0.366 e. The average Bonchev–Trinajstić information content (AvgIpc) is 3.23. The van der Waals surface area contributed by atoms with Crippen LogP contribution in [0.3, 0.4) is 0 Å². The molecule has 2 aromatic carbocycles. The van der Waals surface area contributed by atoms with Crippen LogP contribution < -0.4 is 4.90 Å². The molecule has 3 heterocycles. The smallest absolute Gasteiger partial charge is 0.148 e. The molecular formula is C23H21BrFN5O. The van der Waals surface area contributed by atoms with E-state index in [1.165, 1.54) is 6.07 Å². The van der Waals surface area contributed by atoms with Crippen molar-refractivity contribution >= 4 is 49.8 Å². The van der Waals surface area contributed by atoms with Gasteiger partial charge in [0.2, 0.25) is 0 Å². The van der Waals surface area contributed by atoms with Crippen LogP contribution in [0.15, 0.2) is 53.4 Å². The number of aromatic nitrogens is 3. The van der Waals surface area contributed by atoms with Crippen LogP contribution in [0, 0.1) is 5.82 Å². The Labute approximate surface area is 187 Å². The van der Waals surface area contributed by atoms with Crippen molar-refractivity contribution < 1.29 is 9.18 Å². The average molecular weight is 482 g/mol. The first-order valence-electron chi connectivity index (χ1n) is 10.2. The maximum absolute atomic E-state index is 15.2. The van der Waals surface area contributed by atoms with Crippen LogP contribution in [-0.2, 0) is 4.79 Å². The fourth-order valence-electron chi connectivity index (χ4n) is 4.35. The number of carbonyl (C=O) groups excluding carboxylic acids is 1. The first kappa shape index (κ1) is 20.1. The summed E-state index contributed by atoms with van der Waals surface area (Å²) in [4.78, 5) is 24.5. The number of carbonyl (C=O) groups is 1. The van der Waals surface area contributed by atoms with Gasteiger partial charge in [-0.2, -0.15) is 0 Å². The highest BCUT2D eigenvalue weighted by Crippen LogP contribution is 2.30. The van der Waals surface area contributed by atoms with E-state index in [2.05, 4.69) is 30.8 Å². The Morgan fingerprint density at radius 1 is 1.16 bits per heavy atom. The second-order valence-corrected chi connectivity index (χ2v) is 8.60. The number of benzene rings is 2. The third kappa shape index (κ3) is 3.49. The van der Waals surface area contributed by atoms with Crippen molar-refractivity contribution in [1.29, 1.82) is 0 Å². The molecule has 1 aliphatic heterocycles. The number of anilines is 1. The van der Waals surface area contributed by atoms with E-state index in [0.717, 1.165) is 45.8 Å². The van der Waals surface area contributed by atoms with Gasteiger partial charge in [-0.15, -0.1) is 0 Å². The van der Waals surface area contributed by atoms with Crippen LogP contribution >= 0.6 is 15.9 Å². The first-order chi connectivity index (χ1) is 15.1. The van der Waals surface area contributed by atoms with Crippen molar-refractivity contribution in [2.24, 2.45) is 0 Å². The van der Waals surface area contributed by atoms with Gasteiger partial charge in [0.05, 0.1) is 34.6 Å². The number of piperazine rings is 1. The molecule has 2 aromatic heterocycles. The molecule has 1 saturated heterocycles. The van der Waals surface area contributed by atoms with Gasteiger partial charge in [-0.3, -0.25) is 14.5 Å². The quantitative estimate of drug-likeness (QED) is 0.409. The molecule has 5 rings (SSSR count). The Morgan fingerprint density at radius 2 is 2.03 bits per heavy atom. The number of halogens is 2. The molecule has 0 radical (unpaired) electrons. The van der Waals surface area contributed by atoms with Crippen LogP contribution in [0.1, 0.15) is 6.92 Å². The van der Waals surface area contributed by atoms with Crippen molar-refractivity contribution in [1.82, 2.24) is 19.4 Å². The Hall–Kier alpha value is -2.84. The maximum atomic E-state index is 15.2. The molecule has 31 heavy (non-hydrogen) atoms. The van der Waals surface area contributed by atoms with Gasteiger partial charge >= 0.3 is 0 Å². The Morgan fingerprint density at radius 3 is 2.81 bits per heavy atom. The van der Waals surface area contributed by atoms with Gasteiger partial charge in [-0.25, -0.2) is 9.37 Å². The summed E-state index contributed by atoms with van der Waals surface area (Å²) >= 11 is 3.52. The zero-order chi connectivity index (χ0) is 21.5.